The summed E-state index contributed by atoms with van der Waals surface area (Å²) in [5.74, 6) is -1.10. The molecule has 1 amide bonds. The Balaban J connectivity index is 2.77. The Morgan fingerprint density at radius 1 is 1.29 bits per heavy atom. The maximum atomic E-state index is 11.9. The molecular weight excluding hydrogens is 218 g/mol. The molecule has 92 valence electrons. The minimum Gasteiger partial charge on any atom is -0.481 e. The van der Waals surface area contributed by atoms with Gasteiger partial charge in [-0.1, -0.05) is 12.1 Å². The van der Waals surface area contributed by atoms with Crippen LogP contribution < -0.4 is 4.90 Å². The molecule has 0 saturated carbocycles. The molecule has 0 aliphatic rings. The Morgan fingerprint density at radius 2 is 2.00 bits per heavy atom. The zero-order chi connectivity index (χ0) is 12.8. The van der Waals surface area contributed by atoms with Crippen molar-refractivity contribution in [2.75, 3.05) is 11.4 Å². The molecule has 0 unspecified atom stereocenters. The molecule has 4 heteroatoms. The van der Waals surface area contributed by atoms with E-state index in [0.29, 0.717) is 6.54 Å². The molecule has 1 aromatic carbocycles. The molecule has 0 bridgehead atoms. The van der Waals surface area contributed by atoms with Crippen LogP contribution in [0.25, 0.3) is 0 Å². The normalized spacial score (nSPS) is 10.0. The number of rotatable bonds is 5. The van der Waals surface area contributed by atoms with Crippen LogP contribution in [-0.2, 0) is 9.59 Å². The molecule has 17 heavy (non-hydrogen) atoms. The van der Waals surface area contributed by atoms with Crippen LogP contribution in [0.4, 0.5) is 5.69 Å². The molecule has 4 nitrogen and oxygen atoms in total. The van der Waals surface area contributed by atoms with Gasteiger partial charge in [0.05, 0.1) is 6.42 Å². The van der Waals surface area contributed by atoms with Crippen molar-refractivity contribution < 1.29 is 14.7 Å². The summed E-state index contributed by atoms with van der Waals surface area (Å²) in [7, 11) is 0. The first-order chi connectivity index (χ1) is 8.04. The monoisotopic (exact) mass is 235 g/mol. The molecule has 0 heterocycles. The Morgan fingerprint density at radius 3 is 2.53 bits per heavy atom. The van der Waals surface area contributed by atoms with Gasteiger partial charge in [0, 0.05) is 18.7 Å². The first-order valence-corrected chi connectivity index (χ1v) is 5.63. The average molecular weight is 235 g/mol. The number of amides is 1. The van der Waals surface area contributed by atoms with Gasteiger partial charge in [0.15, 0.2) is 0 Å². The summed E-state index contributed by atoms with van der Waals surface area (Å²) in [6, 6.07) is 7.62. The maximum Gasteiger partial charge on any atom is 0.303 e. The van der Waals surface area contributed by atoms with E-state index < -0.39 is 5.97 Å². The molecule has 0 fully saturated rings. The van der Waals surface area contributed by atoms with Crippen LogP contribution in [-0.4, -0.2) is 23.5 Å². The van der Waals surface area contributed by atoms with Gasteiger partial charge >= 0.3 is 5.97 Å². The third-order valence-corrected chi connectivity index (χ3v) is 2.48. The second kappa shape index (κ2) is 6.03. The summed E-state index contributed by atoms with van der Waals surface area (Å²) in [5, 5.41) is 8.56. The summed E-state index contributed by atoms with van der Waals surface area (Å²) in [6.45, 7) is 4.38. The van der Waals surface area contributed by atoms with E-state index >= 15 is 0 Å². The number of aryl methyl sites for hydroxylation is 1. The number of carboxylic acids is 1. The van der Waals surface area contributed by atoms with Gasteiger partial charge in [0.2, 0.25) is 5.91 Å². The average Bonchev–Trinajstić information content (AvgIpc) is 2.27. The van der Waals surface area contributed by atoms with E-state index in [-0.39, 0.29) is 18.7 Å². The van der Waals surface area contributed by atoms with Crippen LogP contribution in [0.2, 0.25) is 0 Å². The quantitative estimate of drug-likeness (QED) is 0.851. The Hall–Kier alpha value is -1.84. The highest BCUT2D eigenvalue weighted by atomic mass is 16.4. The molecule has 0 aliphatic heterocycles. The topological polar surface area (TPSA) is 57.6 Å². The Bertz CT molecular complexity index is 415. The lowest BCUT2D eigenvalue weighted by molar-refractivity contribution is -0.138. The zero-order valence-corrected chi connectivity index (χ0v) is 10.1. The predicted molar refractivity (Wildman–Crippen MR) is 66.1 cm³/mol. The lowest BCUT2D eigenvalue weighted by Gasteiger charge is -2.21. The minimum absolute atomic E-state index is 0.0388. The van der Waals surface area contributed by atoms with Crippen LogP contribution in [0.1, 0.15) is 25.3 Å². The smallest absolute Gasteiger partial charge is 0.303 e. The zero-order valence-electron chi connectivity index (χ0n) is 10.1. The molecule has 0 aliphatic carbocycles. The maximum absolute atomic E-state index is 11.9. The van der Waals surface area contributed by atoms with Gasteiger partial charge in [-0.3, -0.25) is 9.59 Å². The van der Waals surface area contributed by atoms with Crippen molar-refractivity contribution in [2.24, 2.45) is 0 Å². The van der Waals surface area contributed by atoms with Crippen molar-refractivity contribution in [2.45, 2.75) is 26.7 Å². The number of anilines is 1. The van der Waals surface area contributed by atoms with Crippen LogP contribution in [0.15, 0.2) is 24.3 Å². The van der Waals surface area contributed by atoms with Crippen molar-refractivity contribution >= 4 is 17.6 Å². The largest absolute Gasteiger partial charge is 0.481 e. The lowest BCUT2D eigenvalue weighted by Crippen LogP contribution is -2.30. The standard InChI is InChI=1S/C13H17NO3/c1-3-14(12(15)7-8-13(16)17)11-6-4-5-10(2)9-11/h4-6,9H,3,7-8H2,1-2H3,(H,16,17). The molecule has 0 saturated heterocycles. The van der Waals surface area contributed by atoms with Gasteiger partial charge in [-0.15, -0.1) is 0 Å². The van der Waals surface area contributed by atoms with Gasteiger partial charge in [-0.25, -0.2) is 0 Å². The highest BCUT2D eigenvalue weighted by molar-refractivity contribution is 5.94. The van der Waals surface area contributed by atoms with Crippen LogP contribution in [0, 0.1) is 6.92 Å². The van der Waals surface area contributed by atoms with Crippen molar-refractivity contribution in [3.63, 3.8) is 0 Å². The van der Waals surface area contributed by atoms with Gasteiger partial charge in [-0.2, -0.15) is 0 Å². The number of carbonyl (C=O) groups excluding carboxylic acids is 1. The van der Waals surface area contributed by atoms with Crippen molar-refractivity contribution in [1.82, 2.24) is 0 Å². The molecule has 0 radical (unpaired) electrons. The number of hydrogen-bond donors (Lipinski definition) is 1. The van der Waals surface area contributed by atoms with Crippen molar-refractivity contribution in [1.29, 1.82) is 0 Å². The highest BCUT2D eigenvalue weighted by Gasteiger charge is 2.14. The minimum atomic E-state index is -0.946. The van der Waals surface area contributed by atoms with Crippen LogP contribution in [0.3, 0.4) is 0 Å². The fourth-order valence-electron chi connectivity index (χ4n) is 1.65. The fraction of sp³-hybridized carbons (Fsp3) is 0.385. The molecule has 0 spiro atoms. The Labute approximate surface area is 101 Å². The van der Waals surface area contributed by atoms with E-state index in [2.05, 4.69) is 0 Å². The third kappa shape index (κ3) is 3.90. The van der Waals surface area contributed by atoms with E-state index in [1.807, 2.05) is 38.1 Å². The van der Waals surface area contributed by atoms with Crippen molar-refractivity contribution in [3.8, 4) is 0 Å². The summed E-state index contributed by atoms with van der Waals surface area (Å²) < 4.78 is 0. The predicted octanol–water partition coefficient (Wildman–Crippen LogP) is 2.21. The van der Waals surface area contributed by atoms with Gasteiger partial charge in [0.25, 0.3) is 0 Å². The summed E-state index contributed by atoms with van der Waals surface area (Å²) >= 11 is 0. The SMILES string of the molecule is CCN(C(=O)CCC(=O)O)c1cccc(C)c1. The van der Waals surface area contributed by atoms with Crippen molar-refractivity contribution in [3.05, 3.63) is 29.8 Å². The molecular formula is C13H17NO3. The second-order valence-electron chi connectivity index (χ2n) is 3.87. The summed E-state index contributed by atoms with van der Waals surface area (Å²) in [4.78, 5) is 23.9. The molecule has 1 N–H and O–H groups in total. The molecule has 0 aromatic heterocycles. The van der Waals surface area contributed by atoms with E-state index in [1.54, 1.807) is 4.90 Å². The number of carboxylic acid groups (broad SMARTS) is 1. The number of carbonyl (C=O) groups is 2. The van der Waals surface area contributed by atoms with E-state index in [0.717, 1.165) is 11.3 Å². The number of benzene rings is 1. The second-order valence-corrected chi connectivity index (χ2v) is 3.87. The van der Waals surface area contributed by atoms with E-state index in [1.165, 1.54) is 0 Å². The fourth-order valence-corrected chi connectivity index (χ4v) is 1.65. The van der Waals surface area contributed by atoms with Crippen LogP contribution in [0.5, 0.6) is 0 Å². The molecule has 1 rings (SSSR count). The number of nitrogens with zero attached hydrogens (tertiary/aromatic N) is 1. The first-order valence-electron chi connectivity index (χ1n) is 5.63. The van der Waals surface area contributed by atoms with E-state index in [4.69, 9.17) is 5.11 Å². The number of hydrogen-bond acceptors (Lipinski definition) is 2. The van der Waals surface area contributed by atoms with Gasteiger partial charge in [-0.05, 0) is 31.5 Å². The van der Waals surface area contributed by atoms with Gasteiger partial charge < -0.3 is 10.0 Å². The summed E-state index contributed by atoms with van der Waals surface area (Å²) in [5.41, 5.74) is 1.90. The Kier molecular flexibility index (Phi) is 4.69. The molecule has 1 aromatic rings. The third-order valence-electron chi connectivity index (χ3n) is 2.48. The first kappa shape index (κ1) is 13.2. The summed E-state index contributed by atoms with van der Waals surface area (Å²) in [6.07, 6.45) is -0.0851. The lowest BCUT2D eigenvalue weighted by atomic mass is 10.2. The van der Waals surface area contributed by atoms with E-state index in [9.17, 15) is 9.59 Å². The molecule has 0 atom stereocenters. The van der Waals surface area contributed by atoms with Crippen LogP contribution >= 0.6 is 0 Å². The van der Waals surface area contributed by atoms with Gasteiger partial charge in [0.1, 0.15) is 0 Å². The highest BCUT2D eigenvalue weighted by Crippen LogP contribution is 2.17. The number of aliphatic carboxylic acids is 1.